The smallest absolute Gasteiger partial charge is 0.155 e. The summed E-state index contributed by atoms with van der Waals surface area (Å²) in [4.78, 5) is 12.2. The molecule has 0 atom stereocenters. The van der Waals surface area contributed by atoms with E-state index in [1.54, 1.807) is 7.11 Å². The largest absolute Gasteiger partial charge is 0.491 e. The number of aromatic nitrogens is 2. The van der Waals surface area contributed by atoms with Crippen LogP contribution in [0.4, 0.5) is 5.82 Å². The van der Waals surface area contributed by atoms with E-state index in [4.69, 9.17) is 31.0 Å². The summed E-state index contributed by atoms with van der Waals surface area (Å²) in [6, 6.07) is 8.02. The third-order valence-electron chi connectivity index (χ3n) is 6.09. The van der Waals surface area contributed by atoms with Crippen molar-refractivity contribution in [2.45, 2.75) is 32.1 Å². The van der Waals surface area contributed by atoms with Crippen LogP contribution in [0.3, 0.4) is 0 Å². The Hall–Kier alpha value is -2.91. The molecule has 0 radical (unpaired) electrons. The molecule has 1 aliphatic carbocycles. The van der Waals surface area contributed by atoms with Crippen molar-refractivity contribution < 1.29 is 9.47 Å². The summed E-state index contributed by atoms with van der Waals surface area (Å²) in [6.07, 6.45) is 7.33. The molecule has 2 aliphatic rings. The van der Waals surface area contributed by atoms with Gasteiger partial charge in [0.05, 0.1) is 12.3 Å². The topological polar surface area (TPSA) is 124 Å². The minimum atomic E-state index is 0.219. The maximum absolute atomic E-state index is 6.05. The van der Waals surface area contributed by atoms with Gasteiger partial charge >= 0.3 is 0 Å². The molecule has 1 aliphatic heterocycles. The Bertz CT molecular complexity index is 907. The van der Waals surface area contributed by atoms with Gasteiger partial charge in [-0.3, -0.25) is 4.98 Å². The van der Waals surface area contributed by atoms with Crippen molar-refractivity contribution in [3.05, 3.63) is 36.2 Å². The molecule has 1 saturated heterocycles. The summed E-state index contributed by atoms with van der Waals surface area (Å²) in [5, 5.41) is 3.96. The van der Waals surface area contributed by atoms with Crippen LogP contribution in [-0.2, 0) is 11.2 Å². The molecule has 0 spiro atoms. The molecule has 2 heterocycles. The molecule has 4 rings (SSSR count). The lowest BCUT2D eigenvalue weighted by atomic mass is 9.95. The summed E-state index contributed by atoms with van der Waals surface area (Å²) in [6.45, 7) is 2.78. The van der Waals surface area contributed by atoms with Crippen molar-refractivity contribution in [2.24, 2.45) is 28.5 Å². The van der Waals surface area contributed by atoms with Crippen molar-refractivity contribution in [3.63, 3.8) is 0 Å². The zero-order valence-electron chi connectivity index (χ0n) is 18.7. The molecule has 9 heteroatoms. The van der Waals surface area contributed by atoms with E-state index in [1.807, 2.05) is 30.5 Å². The highest BCUT2D eigenvalue weighted by molar-refractivity contribution is 5.83. The molecule has 5 N–H and O–H groups in total. The molecule has 2 fully saturated rings. The number of piperidine rings is 1. The lowest BCUT2D eigenvalue weighted by molar-refractivity contribution is 0.146. The van der Waals surface area contributed by atoms with Crippen molar-refractivity contribution in [3.8, 4) is 17.0 Å². The Kier molecular flexibility index (Phi) is 7.39. The Morgan fingerprint density at radius 2 is 1.91 bits per heavy atom. The summed E-state index contributed by atoms with van der Waals surface area (Å²) in [5.74, 6) is 8.59. The number of hydrazone groups is 1. The molecule has 1 aromatic carbocycles. The van der Waals surface area contributed by atoms with Gasteiger partial charge in [-0.15, -0.1) is 0 Å². The number of nitrogens with zero attached hydrogens (tertiary/aromatic N) is 4. The summed E-state index contributed by atoms with van der Waals surface area (Å²) < 4.78 is 10.7. The molecule has 1 saturated carbocycles. The maximum atomic E-state index is 6.05. The highest BCUT2D eigenvalue weighted by Gasteiger charge is 2.27. The molecule has 172 valence electrons. The minimum Gasteiger partial charge on any atom is -0.491 e. The van der Waals surface area contributed by atoms with E-state index in [0.29, 0.717) is 19.0 Å². The molecule has 0 amide bonds. The summed E-state index contributed by atoms with van der Waals surface area (Å²) >= 11 is 0. The molecule has 9 nitrogen and oxygen atoms in total. The highest BCUT2D eigenvalue weighted by atomic mass is 16.5. The molecule has 32 heavy (non-hydrogen) atoms. The number of methoxy groups -OCH3 is 1. The standard InChI is InChI=1S/C23H33N7O2/c1-31-12-13-32-20-6-4-17(5-7-20)21-23(27-19(15-26-21)14-16-2-3-16)30-10-8-18(9-11-30)22(24)28-29-25/h4-7,15-16,18,29H,2-3,8-14,25H2,1H3,(H2,24,28). The number of anilines is 1. The fourth-order valence-corrected chi connectivity index (χ4v) is 4.06. The van der Waals surface area contributed by atoms with Gasteiger partial charge in [0.25, 0.3) is 0 Å². The average Bonchev–Trinajstić information content (AvgIpc) is 3.64. The van der Waals surface area contributed by atoms with E-state index in [-0.39, 0.29) is 5.92 Å². The van der Waals surface area contributed by atoms with E-state index in [9.17, 15) is 0 Å². The van der Waals surface area contributed by atoms with Crippen molar-refractivity contribution in [2.75, 3.05) is 38.3 Å². The van der Waals surface area contributed by atoms with Crippen LogP contribution in [0, 0.1) is 11.8 Å². The van der Waals surface area contributed by atoms with E-state index in [1.165, 1.54) is 12.8 Å². The number of hydrogen-bond acceptors (Lipinski definition) is 8. The van der Waals surface area contributed by atoms with E-state index in [2.05, 4.69) is 15.5 Å². The van der Waals surface area contributed by atoms with E-state index in [0.717, 1.165) is 66.8 Å². The first kappa shape index (κ1) is 22.3. The monoisotopic (exact) mass is 439 g/mol. The second-order valence-electron chi connectivity index (χ2n) is 8.47. The Labute approximate surface area is 189 Å². The van der Waals surface area contributed by atoms with Gasteiger partial charge in [0.2, 0.25) is 0 Å². The van der Waals surface area contributed by atoms with Gasteiger partial charge in [-0.1, -0.05) is 0 Å². The average molecular weight is 440 g/mol. The Morgan fingerprint density at radius 3 is 2.56 bits per heavy atom. The number of nitrogens with two attached hydrogens (primary N) is 2. The van der Waals surface area contributed by atoms with Crippen LogP contribution >= 0.6 is 0 Å². The first-order chi connectivity index (χ1) is 15.7. The van der Waals surface area contributed by atoms with Crippen LogP contribution in [0.5, 0.6) is 5.75 Å². The maximum Gasteiger partial charge on any atom is 0.155 e. The fourth-order valence-electron chi connectivity index (χ4n) is 4.06. The first-order valence-corrected chi connectivity index (χ1v) is 11.3. The number of nitrogens with one attached hydrogen (secondary N) is 1. The SMILES string of the molecule is COCCOc1ccc(-c2ncc(CC3CC3)nc2N2CCC(/C(N)=N/NN)CC2)cc1. The van der Waals surface area contributed by atoms with Crippen LogP contribution in [0.1, 0.15) is 31.4 Å². The first-order valence-electron chi connectivity index (χ1n) is 11.3. The second kappa shape index (κ2) is 10.6. The number of amidine groups is 1. The highest BCUT2D eigenvalue weighted by Crippen LogP contribution is 2.35. The predicted octanol–water partition coefficient (Wildman–Crippen LogP) is 2.07. The number of rotatable bonds is 10. The van der Waals surface area contributed by atoms with Gasteiger partial charge in [0, 0.05) is 37.9 Å². The fraction of sp³-hybridized carbons (Fsp3) is 0.522. The predicted molar refractivity (Wildman–Crippen MR) is 125 cm³/mol. The number of hydrazine groups is 1. The van der Waals surface area contributed by atoms with Gasteiger partial charge in [-0.25, -0.2) is 16.4 Å². The molecule has 1 aromatic heterocycles. The lowest BCUT2D eigenvalue weighted by Gasteiger charge is -2.33. The third-order valence-corrected chi connectivity index (χ3v) is 6.09. The van der Waals surface area contributed by atoms with Crippen molar-refractivity contribution in [1.82, 2.24) is 15.5 Å². The minimum absolute atomic E-state index is 0.219. The number of benzene rings is 1. The van der Waals surface area contributed by atoms with Crippen LogP contribution in [0.2, 0.25) is 0 Å². The van der Waals surface area contributed by atoms with Crippen LogP contribution in [-0.4, -0.2) is 49.2 Å². The van der Waals surface area contributed by atoms with Gasteiger partial charge in [-0.05, 0) is 62.3 Å². The van der Waals surface area contributed by atoms with Gasteiger partial charge in [0.1, 0.15) is 23.9 Å². The zero-order chi connectivity index (χ0) is 22.3. The Morgan fingerprint density at radius 1 is 1.16 bits per heavy atom. The second-order valence-corrected chi connectivity index (χ2v) is 8.47. The van der Waals surface area contributed by atoms with E-state index >= 15 is 0 Å². The van der Waals surface area contributed by atoms with Crippen LogP contribution in [0.15, 0.2) is 35.6 Å². The van der Waals surface area contributed by atoms with Crippen LogP contribution in [0.25, 0.3) is 11.3 Å². The van der Waals surface area contributed by atoms with Crippen molar-refractivity contribution >= 4 is 11.7 Å². The van der Waals surface area contributed by atoms with Gasteiger partial charge in [-0.2, -0.15) is 5.10 Å². The van der Waals surface area contributed by atoms with E-state index < -0.39 is 0 Å². The van der Waals surface area contributed by atoms with Crippen molar-refractivity contribution in [1.29, 1.82) is 0 Å². The molecular weight excluding hydrogens is 406 g/mol. The summed E-state index contributed by atoms with van der Waals surface area (Å²) in [5.41, 5.74) is 11.3. The quantitative estimate of drug-likeness (QED) is 0.169. The molecule has 0 unspecified atom stereocenters. The zero-order valence-corrected chi connectivity index (χ0v) is 18.7. The van der Waals surface area contributed by atoms with Gasteiger partial charge in [0.15, 0.2) is 5.82 Å². The number of ether oxygens (including phenoxy) is 2. The number of hydrogen-bond donors (Lipinski definition) is 3. The normalized spacial score (nSPS) is 17.4. The lowest BCUT2D eigenvalue weighted by Crippen LogP contribution is -2.40. The Balaban J connectivity index is 1.54. The molecule has 2 aromatic rings. The van der Waals surface area contributed by atoms with Crippen LogP contribution < -0.4 is 26.7 Å². The summed E-state index contributed by atoms with van der Waals surface area (Å²) in [7, 11) is 1.67. The molecular formula is C23H33N7O2. The third kappa shape index (κ3) is 5.66. The molecule has 0 bridgehead atoms. The van der Waals surface area contributed by atoms with Gasteiger partial charge < -0.3 is 20.1 Å².